The molecule has 170 valence electrons. The van der Waals surface area contributed by atoms with Crippen LogP contribution in [-0.4, -0.2) is 46.3 Å². The molecule has 2 N–H and O–H groups in total. The number of benzene rings is 1. The number of hydrogen-bond acceptors (Lipinski definition) is 5. The molecule has 0 atom stereocenters. The van der Waals surface area contributed by atoms with Gasteiger partial charge in [-0.2, -0.15) is 13.2 Å². The van der Waals surface area contributed by atoms with Crippen molar-refractivity contribution in [3.05, 3.63) is 41.1 Å². The van der Waals surface area contributed by atoms with E-state index in [2.05, 4.69) is 10.5 Å². The molecule has 1 saturated carbocycles. The molecular weight excluding hydrogens is 411 g/mol. The van der Waals surface area contributed by atoms with Gasteiger partial charge in [0, 0.05) is 36.3 Å². The zero-order chi connectivity index (χ0) is 22.6. The fourth-order valence-electron chi connectivity index (χ4n) is 3.85. The third kappa shape index (κ3) is 5.65. The van der Waals surface area contributed by atoms with Crippen LogP contribution in [0.2, 0.25) is 0 Å². The summed E-state index contributed by atoms with van der Waals surface area (Å²) in [6.07, 6.45) is -0.499. The second-order valence-electron chi connectivity index (χ2n) is 8.16. The first-order valence-electron chi connectivity index (χ1n) is 10.5. The van der Waals surface area contributed by atoms with Crippen LogP contribution >= 0.6 is 0 Å². The van der Waals surface area contributed by atoms with E-state index in [1.165, 1.54) is 12.1 Å². The number of amides is 1. The van der Waals surface area contributed by atoms with Crippen molar-refractivity contribution in [1.82, 2.24) is 15.4 Å². The van der Waals surface area contributed by atoms with Crippen LogP contribution in [0.5, 0.6) is 0 Å². The van der Waals surface area contributed by atoms with E-state index in [1.807, 2.05) is 18.7 Å². The quantitative estimate of drug-likeness (QED) is 0.644. The number of aliphatic hydroxyl groups excluding tert-OH is 1. The summed E-state index contributed by atoms with van der Waals surface area (Å²) >= 11 is 0. The Balaban J connectivity index is 1.95. The van der Waals surface area contributed by atoms with E-state index in [4.69, 9.17) is 4.52 Å². The van der Waals surface area contributed by atoms with Gasteiger partial charge >= 0.3 is 6.18 Å². The van der Waals surface area contributed by atoms with Crippen molar-refractivity contribution in [2.75, 3.05) is 13.2 Å². The molecule has 1 amide bonds. The first kappa shape index (κ1) is 23.3. The number of carbonyl (C=O) groups excluding carboxylic acids is 1. The van der Waals surface area contributed by atoms with Crippen molar-refractivity contribution in [1.29, 1.82) is 0 Å². The Hall–Kier alpha value is -2.39. The van der Waals surface area contributed by atoms with Gasteiger partial charge in [0.2, 0.25) is 0 Å². The van der Waals surface area contributed by atoms with Crippen molar-refractivity contribution in [2.45, 2.75) is 64.3 Å². The average Bonchev–Trinajstić information content (AvgIpc) is 3.36. The topological polar surface area (TPSA) is 78.6 Å². The summed E-state index contributed by atoms with van der Waals surface area (Å²) in [5.41, 5.74) is 0.270. The maximum atomic E-state index is 12.9. The molecule has 1 aromatic heterocycles. The van der Waals surface area contributed by atoms with E-state index >= 15 is 0 Å². The summed E-state index contributed by atoms with van der Waals surface area (Å²) in [5, 5.41) is 16.4. The fourth-order valence-corrected chi connectivity index (χ4v) is 3.85. The van der Waals surface area contributed by atoms with Crippen molar-refractivity contribution in [3.8, 4) is 11.3 Å². The molecule has 0 aliphatic heterocycles. The number of nitrogens with zero attached hydrogens (tertiary/aromatic N) is 2. The van der Waals surface area contributed by atoms with Crippen molar-refractivity contribution >= 4 is 5.91 Å². The molecule has 0 spiro atoms. The fraction of sp³-hybridized carbons (Fsp3) is 0.545. The lowest BCUT2D eigenvalue weighted by molar-refractivity contribution is -0.137. The van der Waals surface area contributed by atoms with Gasteiger partial charge in [0.15, 0.2) is 11.5 Å². The van der Waals surface area contributed by atoms with Gasteiger partial charge in [0.05, 0.1) is 12.2 Å². The number of hydrogen-bond donors (Lipinski definition) is 2. The number of nitrogens with one attached hydrogen (secondary N) is 1. The molecule has 0 bridgehead atoms. The van der Waals surface area contributed by atoms with Gasteiger partial charge in [-0.1, -0.05) is 30.1 Å². The normalized spacial score (nSPS) is 15.2. The van der Waals surface area contributed by atoms with Crippen molar-refractivity contribution in [3.63, 3.8) is 0 Å². The highest BCUT2D eigenvalue weighted by Crippen LogP contribution is 2.33. The number of halogens is 3. The minimum atomic E-state index is -4.44. The zero-order valence-electron chi connectivity index (χ0n) is 17.7. The molecular formula is C22H28F3N3O3. The molecule has 1 heterocycles. The Morgan fingerprint density at radius 2 is 1.90 bits per heavy atom. The monoisotopic (exact) mass is 439 g/mol. The molecule has 0 saturated heterocycles. The van der Waals surface area contributed by atoms with Gasteiger partial charge in [0.25, 0.3) is 5.91 Å². The number of aliphatic hydroxyl groups is 1. The van der Waals surface area contributed by atoms with Crippen LogP contribution in [-0.2, 0) is 12.7 Å². The highest BCUT2D eigenvalue weighted by Gasteiger charge is 2.31. The second-order valence-corrected chi connectivity index (χ2v) is 8.16. The van der Waals surface area contributed by atoms with Crippen LogP contribution in [0.1, 0.15) is 61.1 Å². The Morgan fingerprint density at radius 3 is 2.45 bits per heavy atom. The maximum absolute atomic E-state index is 12.9. The van der Waals surface area contributed by atoms with E-state index in [1.54, 1.807) is 0 Å². The Kier molecular flexibility index (Phi) is 7.38. The number of carbonyl (C=O) groups is 1. The highest BCUT2D eigenvalue weighted by atomic mass is 19.4. The van der Waals surface area contributed by atoms with E-state index < -0.39 is 11.7 Å². The minimum absolute atomic E-state index is 0.0632. The first-order chi connectivity index (χ1) is 14.7. The van der Waals surface area contributed by atoms with E-state index in [0.717, 1.165) is 37.8 Å². The highest BCUT2D eigenvalue weighted by molar-refractivity contribution is 5.95. The number of alkyl halides is 3. The van der Waals surface area contributed by atoms with Crippen LogP contribution in [0.4, 0.5) is 13.2 Å². The molecule has 1 aliphatic rings. The molecule has 9 heteroatoms. The van der Waals surface area contributed by atoms with Gasteiger partial charge in [-0.05, 0) is 38.8 Å². The predicted octanol–water partition coefficient (Wildman–Crippen LogP) is 4.24. The van der Waals surface area contributed by atoms with Gasteiger partial charge in [0.1, 0.15) is 0 Å². The second kappa shape index (κ2) is 9.82. The lowest BCUT2D eigenvalue weighted by atomic mass is 10.0. The molecule has 0 radical (unpaired) electrons. The molecule has 1 fully saturated rings. The molecule has 1 aromatic carbocycles. The molecule has 31 heavy (non-hydrogen) atoms. The Bertz CT molecular complexity index is 872. The maximum Gasteiger partial charge on any atom is 0.416 e. The molecule has 3 rings (SSSR count). The van der Waals surface area contributed by atoms with Gasteiger partial charge in [-0.25, -0.2) is 0 Å². The van der Waals surface area contributed by atoms with Crippen LogP contribution in [0, 0.1) is 0 Å². The predicted molar refractivity (Wildman–Crippen MR) is 109 cm³/mol. The largest absolute Gasteiger partial charge is 0.416 e. The van der Waals surface area contributed by atoms with Gasteiger partial charge in [-0.15, -0.1) is 0 Å². The average molecular weight is 439 g/mol. The number of rotatable bonds is 8. The van der Waals surface area contributed by atoms with Gasteiger partial charge < -0.3 is 14.9 Å². The summed E-state index contributed by atoms with van der Waals surface area (Å²) in [7, 11) is 0. The van der Waals surface area contributed by atoms with E-state index in [0.29, 0.717) is 17.7 Å². The Labute approximate surface area is 179 Å². The SMILES string of the molecule is CC(C)N(CCO)Cc1c(C(=O)NC2CCCC2)noc1-c1ccc(C(F)(F)F)cc1. The first-order valence-corrected chi connectivity index (χ1v) is 10.5. The van der Waals surface area contributed by atoms with Crippen LogP contribution in [0.15, 0.2) is 28.8 Å². The summed E-state index contributed by atoms with van der Waals surface area (Å²) in [6.45, 7) is 4.49. The summed E-state index contributed by atoms with van der Waals surface area (Å²) in [5.74, 6) is -0.0922. The van der Waals surface area contributed by atoms with Gasteiger partial charge in [-0.3, -0.25) is 9.69 Å². The third-order valence-electron chi connectivity index (χ3n) is 5.65. The molecule has 6 nitrogen and oxygen atoms in total. The third-order valence-corrected chi connectivity index (χ3v) is 5.65. The van der Waals surface area contributed by atoms with Crippen LogP contribution < -0.4 is 5.32 Å². The number of aromatic nitrogens is 1. The summed E-state index contributed by atoms with van der Waals surface area (Å²) in [6, 6.07) is 4.74. The molecule has 0 unspecified atom stereocenters. The zero-order valence-corrected chi connectivity index (χ0v) is 17.7. The van der Waals surface area contributed by atoms with Crippen LogP contribution in [0.3, 0.4) is 0 Å². The molecule has 1 aliphatic carbocycles. The van der Waals surface area contributed by atoms with E-state index in [-0.39, 0.29) is 42.6 Å². The lowest BCUT2D eigenvalue weighted by Crippen LogP contribution is -2.36. The smallest absolute Gasteiger partial charge is 0.395 e. The minimum Gasteiger partial charge on any atom is -0.395 e. The molecule has 2 aromatic rings. The summed E-state index contributed by atoms with van der Waals surface area (Å²) < 4.78 is 44.3. The van der Waals surface area contributed by atoms with E-state index in [9.17, 15) is 23.1 Å². The standard InChI is InChI=1S/C22H28F3N3O3/c1-14(2)28(11-12-29)13-18-19(21(30)26-17-5-3-4-6-17)27-31-20(18)15-7-9-16(10-8-15)22(23,24)25/h7-10,14,17,29H,3-6,11-13H2,1-2H3,(H,26,30). The van der Waals surface area contributed by atoms with Crippen molar-refractivity contribution in [2.24, 2.45) is 0 Å². The summed E-state index contributed by atoms with van der Waals surface area (Å²) in [4.78, 5) is 14.9. The van der Waals surface area contributed by atoms with Crippen LogP contribution in [0.25, 0.3) is 11.3 Å². The van der Waals surface area contributed by atoms with Crippen molar-refractivity contribution < 1.29 is 27.6 Å². The Morgan fingerprint density at radius 1 is 1.26 bits per heavy atom. The lowest BCUT2D eigenvalue weighted by Gasteiger charge is -2.25.